The van der Waals surface area contributed by atoms with Crippen LogP contribution >= 0.6 is 24.0 Å². The van der Waals surface area contributed by atoms with E-state index in [-0.39, 0.29) is 16.4 Å². The molecule has 1 fully saturated rings. The van der Waals surface area contributed by atoms with Crippen molar-refractivity contribution in [1.29, 1.82) is 0 Å². The number of aliphatic carboxylic acids is 1. The van der Waals surface area contributed by atoms with E-state index in [9.17, 15) is 19.5 Å². The van der Waals surface area contributed by atoms with Crippen LogP contribution in [0.4, 0.5) is 11.4 Å². The minimum atomic E-state index is -1.13. The molecule has 0 spiro atoms. The smallest absolute Gasteiger partial charge is 0.323 e. The predicted octanol–water partition coefficient (Wildman–Crippen LogP) is 3.51. The van der Waals surface area contributed by atoms with Crippen LogP contribution in [0, 0.1) is 13.8 Å². The molecule has 2 heterocycles. The molecular formula is C21H16N2O4S2. The largest absolute Gasteiger partial charge is 0.480 e. The van der Waals surface area contributed by atoms with Gasteiger partial charge in [0.1, 0.15) is 6.54 Å². The molecule has 0 saturated carbocycles. The second-order valence-corrected chi connectivity index (χ2v) is 8.45. The SMILES string of the molecule is Cc1ccc(C)c(N2C(=O)/C(=C3/C(=O)N(CC(=O)O)c4ccccc43)SC2=S)c1. The summed E-state index contributed by atoms with van der Waals surface area (Å²) >= 11 is 6.54. The Hall–Kier alpha value is -2.97. The van der Waals surface area contributed by atoms with Gasteiger partial charge in [0.2, 0.25) is 0 Å². The summed E-state index contributed by atoms with van der Waals surface area (Å²) in [6, 6.07) is 12.6. The molecule has 2 aromatic carbocycles. The number of carboxylic acid groups (broad SMARTS) is 1. The number of anilines is 2. The number of carbonyl (C=O) groups excluding carboxylic acids is 2. The summed E-state index contributed by atoms with van der Waals surface area (Å²) in [5, 5.41) is 9.20. The maximum atomic E-state index is 13.3. The third kappa shape index (κ3) is 3.14. The zero-order valence-corrected chi connectivity index (χ0v) is 17.3. The molecule has 2 aliphatic rings. The first kappa shape index (κ1) is 19.4. The van der Waals surface area contributed by atoms with Crippen LogP contribution in [0.3, 0.4) is 0 Å². The fraction of sp³-hybridized carbons (Fsp3) is 0.143. The van der Waals surface area contributed by atoms with Gasteiger partial charge in [0.15, 0.2) is 4.32 Å². The van der Waals surface area contributed by atoms with E-state index in [4.69, 9.17) is 12.2 Å². The lowest BCUT2D eigenvalue weighted by atomic mass is 10.1. The maximum Gasteiger partial charge on any atom is 0.323 e. The molecule has 146 valence electrons. The standard InChI is InChI=1S/C21H16N2O4S2/c1-11-7-8-12(2)15(9-11)23-20(27)18(29-21(23)28)17-13-5-3-4-6-14(13)22(19(17)26)10-16(24)25/h3-9H,10H2,1-2H3,(H,24,25)/b18-17-. The number of rotatable bonds is 3. The van der Waals surface area contributed by atoms with E-state index in [2.05, 4.69) is 0 Å². The van der Waals surface area contributed by atoms with Gasteiger partial charge in [-0.15, -0.1) is 0 Å². The summed E-state index contributed by atoms with van der Waals surface area (Å²) in [6.07, 6.45) is 0. The molecule has 0 radical (unpaired) electrons. The molecule has 0 aliphatic carbocycles. The summed E-state index contributed by atoms with van der Waals surface area (Å²) in [4.78, 5) is 40.5. The van der Waals surface area contributed by atoms with E-state index in [0.717, 1.165) is 22.9 Å². The average molecular weight is 425 g/mol. The monoisotopic (exact) mass is 424 g/mol. The zero-order chi connectivity index (χ0) is 20.9. The van der Waals surface area contributed by atoms with Crippen molar-refractivity contribution in [3.05, 3.63) is 64.1 Å². The van der Waals surface area contributed by atoms with Gasteiger partial charge in [-0.05, 0) is 37.1 Å². The van der Waals surface area contributed by atoms with Crippen LogP contribution in [0.25, 0.3) is 5.57 Å². The molecule has 2 amide bonds. The molecule has 8 heteroatoms. The minimum absolute atomic E-state index is 0.201. The lowest BCUT2D eigenvalue weighted by Crippen LogP contribution is -2.33. The van der Waals surface area contributed by atoms with Crippen LogP contribution in [0.2, 0.25) is 0 Å². The molecule has 0 unspecified atom stereocenters. The molecule has 0 aromatic heterocycles. The summed E-state index contributed by atoms with van der Waals surface area (Å²) in [6.45, 7) is 3.35. The van der Waals surface area contributed by atoms with Gasteiger partial charge < -0.3 is 5.11 Å². The summed E-state index contributed by atoms with van der Waals surface area (Å²) in [5.41, 5.74) is 3.79. The number of hydrogen-bond acceptors (Lipinski definition) is 5. The van der Waals surface area contributed by atoms with Crippen LogP contribution < -0.4 is 9.80 Å². The number of thiocarbonyl (C=S) groups is 1. The van der Waals surface area contributed by atoms with Crippen molar-refractivity contribution < 1.29 is 19.5 Å². The van der Waals surface area contributed by atoms with Crippen molar-refractivity contribution in [2.45, 2.75) is 13.8 Å². The molecule has 4 rings (SSSR count). The lowest BCUT2D eigenvalue weighted by molar-refractivity contribution is -0.136. The van der Waals surface area contributed by atoms with Gasteiger partial charge >= 0.3 is 5.97 Å². The fourth-order valence-corrected chi connectivity index (χ4v) is 4.84. The Kier molecular flexibility index (Phi) is 4.76. The van der Waals surface area contributed by atoms with Crippen LogP contribution in [-0.2, 0) is 14.4 Å². The highest BCUT2D eigenvalue weighted by Gasteiger charge is 2.43. The highest BCUT2D eigenvalue weighted by Crippen LogP contribution is 2.45. The van der Waals surface area contributed by atoms with Gasteiger partial charge in [0.05, 0.1) is 21.9 Å². The number of benzene rings is 2. The van der Waals surface area contributed by atoms with Crippen LogP contribution in [-0.4, -0.2) is 33.8 Å². The number of hydrogen-bond donors (Lipinski definition) is 1. The lowest BCUT2D eigenvalue weighted by Gasteiger charge is -2.18. The van der Waals surface area contributed by atoms with E-state index < -0.39 is 18.4 Å². The highest BCUT2D eigenvalue weighted by atomic mass is 32.2. The summed E-state index contributed by atoms with van der Waals surface area (Å²) < 4.78 is 0.341. The highest BCUT2D eigenvalue weighted by molar-refractivity contribution is 8.27. The number of carbonyl (C=O) groups is 3. The van der Waals surface area contributed by atoms with E-state index in [1.165, 1.54) is 9.80 Å². The zero-order valence-electron chi connectivity index (χ0n) is 15.6. The van der Waals surface area contributed by atoms with Crippen LogP contribution in [0.5, 0.6) is 0 Å². The number of fused-ring (bicyclic) bond motifs is 1. The second-order valence-electron chi connectivity index (χ2n) is 6.80. The van der Waals surface area contributed by atoms with Gasteiger partial charge in [-0.1, -0.05) is 54.3 Å². The average Bonchev–Trinajstić information content (AvgIpc) is 3.10. The van der Waals surface area contributed by atoms with Crippen molar-refractivity contribution >= 4 is 63.0 Å². The number of para-hydroxylation sites is 1. The fourth-order valence-electron chi connectivity index (χ4n) is 3.48. The molecule has 6 nitrogen and oxygen atoms in total. The Morgan fingerprint density at radius 3 is 2.52 bits per heavy atom. The Labute approximate surface area is 176 Å². The van der Waals surface area contributed by atoms with Crippen molar-refractivity contribution in [3.8, 4) is 0 Å². The van der Waals surface area contributed by atoms with Crippen molar-refractivity contribution in [2.75, 3.05) is 16.3 Å². The first-order valence-electron chi connectivity index (χ1n) is 8.80. The van der Waals surface area contributed by atoms with Gasteiger partial charge in [0, 0.05) is 5.56 Å². The normalized spacial score (nSPS) is 18.6. The molecule has 2 aliphatic heterocycles. The molecule has 0 bridgehead atoms. The molecule has 1 N–H and O–H groups in total. The minimum Gasteiger partial charge on any atom is -0.480 e. The molecule has 2 aromatic rings. The third-order valence-electron chi connectivity index (χ3n) is 4.82. The van der Waals surface area contributed by atoms with E-state index in [0.29, 0.717) is 21.3 Å². The first-order valence-corrected chi connectivity index (χ1v) is 10.0. The number of amides is 2. The molecule has 0 atom stereocenters. The third-order valence-corrected chi connectivity index (χ3v) is 6.19. The van der Waals surface area contributed by atoms with Crippen LogP contribution in [0.15, 0.2) is 47.4 Å². The van der Waals surface area contributed by atoms with Crippen LogP contribution in [0.1, 0.15) is 16.7 Å². The Morgan fingerprint density at radius 2 is 1.79 bits per heavy atom. The van der Waals surface area contributed by atoms with E-state index >= 15 is 0 Å². The Morgan fingerprint density at radius 1 is 1.07 bits per heavy atom. The van der Waals surface area contributed by atoms with Gasteiger partial charge in [-0.2, -0.15) is 0 Å². The van der Waals surface area contributed by atoms with Gasteiger partial charge in [-0.25, -0.2) is 0 Å². The van der Waals surface area contributed by atoms with Crippen molar-refractivity contribution in [3.63, 3.8) is 0 Å². The quantitative estimate of drug-likeness (QED) is 0.600. The second kappa shape index (κ2) is 7.13. The maximum absolute atomic E-state index is 13.3. The number of thioether (sulfide) groups is 1. The number of nitrogens with zero attached hydrogens (tertiary/aromatic N) is 2. The Bertz CT molecular complexity index is 1140. The molecule has 1 saturated heterocycles. The summed E-state index contributed by atoms with van der Waals surface area (Å²) in [5.74, 6) is -2.00. The van der Waals surface area contributed by atoms with Crippen molar-refractivity contribution in [1.82, 2.24) is 0 Å². The molecular weight excluding hydrogens is 408 g/mol. The first-order chi connectivity index (χ1) is 13.8. The molecule has 29 heavy (non-hydrogen) atoms. The van der Waals surface area contributed by atoms with Crippen molar-refractivity contribution in [2.24, 2.45) is 0 Å². The van der Waals surface area contributed by atoms with Gasteiger partial charge in [0.25, 0.3) is 11.8 Å². The van der Waals surface area contributed by atoms with E-state index in [1.54, 1.807) is 24.3 Å². The van der Waals surface area contributed by atoms with Gasteiger partial charge in [-0.3, -0.25) is 24.2 Å². The predicted molar refractivity (Wildman–Crippen MR) is 117 cm³/mol. The van der Waals surface area contributed by atoms with E-state index in [1.807, 2.05) is 32.0 Å². The Balaban J connectivity index is 1.85. The topological polar surface area (TPSA) is 77.9 Å². The number of aryl methyl sites for hydroxylation is 2. The summed E-state index contributed by atoms with van der Waals surface area (Å²) in [7, 11) is 0. The number of carboxylic acids is 1.